The van der Waals surface area contributed by atoms with Gasteiger partial charge < -0.3 is 10.2 Å². The number of carbonyl (C=O) groups is 2. The average Bonchev–Trinajstić information content (AvgIpc) is 2.89. The van der Waals surface area contributed by atoms with Gasteiger partial charge in [0.25, 0.3) is 0 Å². The van der Waals surface area contributed by atoms with Crippen molar-refractivity contribution in [2.75, 3.05) is 12.3 Å². The van der Waals surface area contributed by atoms with Crippen molar-refractivity contribution in [2.24, 2.45) is 0 Å². The fourth-order valence-corrected chi connectivity index (χ4v) is 5.32. The lowest BCUT2D eigenvalue weighted by molar-refractivity contribution is -0.139. The summed E-state index contributed by atoms with van der Waals surface area (Å²) in [6.45, 7) is 4.85. The molecule has 0 fully saturated rings. The van der Waals surface area contributed by atoms with Crippen molar-refractivity contribution in [1.29, 1.82) is 0 Å². The molecule has 0 radical (unpaired) electrons. The lowest BCUT2D eigenvalue weighted by atomic mass is 10.0. The van der Waals surface area contributed by atoms with Gasteiger partial charge in [-0.05, 0) is 36.6 Å². The summed E-state index contributed by atoms with van der Waals surface area (Å²) in [6.07, 6.45) is 2.24. The number of hydrogen-bond donors (Lipinski definition) is 1. The van der Waals surface area contributed by atoms with Crippen molar-refractivity contribution < 1.29 is 9.59 Å². The maximum atomic E-state index is 13.7. The maximum Gasteiger partial charge on any atom is 0.243 e. The first kappa shape index (κ1) is 29.1. The van der Waals surface area contributed by atoms with E-state index in [9.17, 15) is 9.59 Å². The van der Waals surface area contributed by atoms with E-state index < -0.39 is 6.04 Å². The predicted octanol–water partition coefficient (Wildman–Crippen LogP) is 7.09. The zero-order chi connectivity index (χ0) is 26.6. The van der Waals surface area contributed by atoms with Gasteiger partial charge in [-0.1, -0.05) is 103 Å². The molecule has 196 valence electrons. The van der Waals surface area contributed by atoms with Crippen molar-refractivity contribution in [1.82, 2.24) is 10.2 Å². The highest BCUT2D eigenvalue weighted by atomic mass is 35.5. The normalized spacial score (nSPS) is 11.7. The lowest BCUT2D eigenvalue weighted by Crippen LogP contribution is -2.51. The molecule has 0 aliphatic heterocycles. The van der Waals surface area contributed by atoms with Crippen LogP contribution in [-0.2, 0) is 28.3 Å². The van der Waals surface area contributed by atoms with Gasteiger partial charge in [0.05, 0.1) is 5.75 Å². The van der Waals surface area contributed by atoms with E-state index in [0.29, 0.717) is 34.3 Å². The van der Waals surface area contributed by atoms with E-state index in [1.165, 1.54) is 17.3 Å². The van der Waals surface area contributed by atoms with Gasteiger partial charge in [-0.3, -0.25) is 9.59 Å². The Labute approximate surface area is 234 Å². The van der Waals surface area contributed by atoms with E-state index >= 15 is 0 Å². The molecule has 0 bridgehead atoms. The van der Waals surface area contributed by atoms with Crippen LogP contribution in [0.15, 0.2) is 72.8 Å². The molecule has 0 unspecified atom stereocenters. The molecule has 4 nitrogen and oxygen atoms in total. The van der Waals surface area contributed by atoms with Gasteiger partial charge in [0.1, 0.15) is 6.04 Å². The predicted molar refractivity (Wildman–Crippen MR) is 156 cm³/mol. The van der Waals surface area contributed by atoms with Gasteiger partial charge in [-0.2, -0.15) is 0 Å². The van der Waals surface area contributed by atoms with Crippen LogP contribution in [0.2, 0.25) is 10.0 Å². The zero-order valence-corrected chi connectivity index (χ0v) is 23.7. The smallest absolute Gasteiger partial charge is 0.243 e. The van der Waals surface area contributed by atoms with Crippen molar-refractivity contribution in [3.63, 3.8) is 0 Å². The third kappa shape index (κ3) is 9.10. The van der Waals surface area contributed by atoms with Gasteiger partial charge in [0, 0.05) is 40.9 Å². The van der Waals surface area contributed by atoms with Gasteiger partial charge in [0.2, 0.25) is 11.8 Å². The highest BCUT2D eigenvalue weighted by Crippen LogP contribution is 2.28. The topological polar surface area (TPSA) is 49.4 Å². The standard InChI is InChI=1S/C30H34Cl2N2O2S/c1-3-4-17-33-30(36)28(18-23-9-6-5-7-10-23)34(19-25-26(31)11-8-12-27(25)32)29(35)21-37-20-24-15-13-22(2)14-16-24/h5-16,28H,3-4,17-21H2,1-2H3,(H,33,36)/t28-/m0/s1. The molecule has 0 spiro atoms. The first-order valence-corrected chi connectivity index (χ1v) is 14.5. The highest BCUT2D eigenvalue weighted by molar-refractivity contribution is 7.99. The lowest BCUT2D eigenvalue weighted by Gasteiger charge is -2.32. The number of carbonyl (C=O) groups excluding carboxylic acids is 2. The summed E-state index contributed by atoms with van der Waals surface area (Å²) in [6, 6.07) is 22.7. The highest BCUT2D eigenvalue weighted by Gasteiger charge is 2.31. The van der Waals surface area contributed by atoms with Crippen LogP contribution in [0, 0.1) is 6.92 Å². The minimum atomic E-state index is -0.695. The molecule has 1 atom stereocenters. The average molecular weight is 558 g/mol. The third-order valence-corrected chi connectivity index (χ3v) is 7.80. The number of hydrogen-bond acceptors (Lipinski definition) is 3. The third-order valence-electron chi connectivity index (χ3n) is 6.11. The van der Waals surface area contributed by atoms with Crippen molar-refractivity contribution >= 4 is 46.8 Å². The molecule has 0 aromatic heterocycles. The Hall–Kier alpha value is -2.47. The van der Waals surface area contributed by atoms with E-state index in [1.807, 2.05) is 30.3 Å². The Balaban J connectivity index is 1.87. The molecular weight excluding hydrogens is 523 g/mol. The van der Waals surface area contributed by atoms with E-state index in [0.717, 1.165) is 24.0 Å². The number of rotatable bonds is 13. The summed E-state index contributed by atoms with van der Waals surface area (Å²) in [5, 5.41) is 3.98. The van der Waals surface area contributed by atoms with Crippen LogP contribution in [0.25, 0.3) is 0 Å². The van der Waals surface area contributed by atoms with Gasteiger partial charge in [-0.15, -0.1) is 11.8 Å². The molecule has 37 heavy (non-hydrogen) atoms. The number of amides is 2. The molecule has 0 aliphatic rings. The summed E-state index contributed by atoms with van der Waals surface area (Å²) >= 11 is 14.5. The van der Waals surface area contributed by atoms with Gasteiger partial charge in [0.15, 0.2) is 0 Å². The molecule has 2 amide bonds. The van der Waals surface area contributed by atoms with Crippen LogP contribution >= 0.6 is 35.0 Å². The molecule has 3 aromatic carbocycles. The van der Waals surface area contributed by atoms with Crippen LogP contribution in [0.3, 0.4) is 0 Å². The number of nitrogens with one attached hydrogen (secondary N) is 1. The van der Waals surface area contributed by atoms with Crippen LogP contribution in [-0.4, -0.2) is 35.1 Å². The molecule has 7 heteroatoms. The number of benzene rings is 3. The van der Waals surface area contributed by atoms with Crippen LogP contribution in [0.1, 0.15) is 42.0 Å². The van der Waals surface area contributed by atoms with E-state index in [-0.39, 0.29) is 24.1 Å². The molecule has 0 saturated heterocycles. The number of nitrogens with zero attached hydrogens (tertiary/aromatic N) is 1. The first-order chi connectivity index (χ1) is 17.9. The second-order valence-corrected chi connectivity index (χ2v) is 10.9. The summed E-state index contributed by atoms with van der Waals surface area (Å²) in [4.78, 5) is 28.8. The monoisotopic (exact) mass is 556 g/mol. The van der Waals surface area contributed by atoms with Crippen molar-refractivity contribution in [3.05, 3.63) is 105 Å². The molecule has 0 heterocycles. The van der Waals surface area contributed by atoms with Gasteiger partial charge in [-0.25, -0.2) is 0 Å². The number of unbranched alkanes of at least 4 members (excludes halogenated alkanes) is 1. The molecule has 3 aromatic rings. The molecular formula is C30H34Cl2N2O2S. The van der Waals surface area contributed by atoms with E-state index in [2.05, 4.69) is 43.4 Å². The Morgan fingerprint density at radius 1 is 0.919 bits per heavy atom. The summed E-state index contributed by atoms with van der Waals surface area (Å²) in [7, 11) is 0. The summed E-state index contributed by atoms with van der Waals surface area (Å²) in [5.74, 6) is 0.652. The largest absolute Gasteiger partial charge is 0.354 e. The van der Waals surface area contributed by atoms with Crippen LogP contribution in [0.4, 0.5) is 0 Å². The molecule has 0 aliphatic carbocycles. The number of aryl methyl sites for hydroxylation is 1. The molecule has 0 saturated carbocycles. The quantitative estimate of drug-likeness (QED) is 0.228. The SMILES string of the molecule is CCCCNC(=O)[C@H](Cc1ccccc1)N(Cc1c(Cl)cccc1Cl)C(=O)CSCc1ccc(C)cc1. The second-order valence-electron chi connectivity index (χ2n) is 9.05. The Morgan fingerprint density at radius 3 is 2.24 bits per heavy atom. The van der Waals surface area contributed by atoms with E-state index in [1.54, 1.807) is 23.1 Å². The van der Waals surface area contributed by atoms with Crippen LogP contribution < -0.4 is 5.32 Å². The maximum absolute atomic E-state index is 13.7. The summed E-state index contributed by atoms with van der Waals surface area (Å²) < 4.78 is 0. The van der Waals surface area contributed by atoms with Gasteiger partial charge >= 0.3 is 0 Å². The van der Waals surface area contributed by atoms with Crippen LogP contribution in [0.5, 0.6) is 0 Å². The molecule has 1 N–H and O–H groups in total. The first-order valence-electron chi connectivity index (χ1n) is 12.6. The number of thioether (sulfide) groups is 1. The molecule has 3 rings (SSSR count). The number of halogens is 2. The van der Waals surface area contributed by atoms with Crippen molar-refractivity contribution in [2.45, 2.75) is 51.4 Å². The summed E-state index contributed by atoms with van der Waals surface area (Å²) in [5.41, 5.74) is 3.98. The van der Waals surface area contributed by atoms with Crippen molar-refractivity contribution in [3.8, 4) is 0 Å². The minimum Gasteiger partial charge on any atom is -0.354 e. The Bertz CT molecular complexity index is 1140. The Morgan fingerprint density at radius 2 is 1.59 bits per heavy atom. The van der Waals surface area contributed by atoms with E-state index in [4.69, 9.17) is 23.2 Å². The fraction of sp³-hybridized carbons (Fsp3) is 0.333. The Kier molecular flexibility index (Phi) is 11.8. The fourth-order valence-electron chi connectivity index (χ4n) is 3.94. The minimum absolute atomic E-state index is 0.125. The second kappa shape index (κ2) is 15.1. The zero-order valence-electron chi connectivity index (χ0n) is 21.4.